The van der Waals surface area contributed by atoms with E-state index in [0.29, 0.717) is 11.7 Å². The fourth-order valence-corrected chi connectivity index (χ4v) is 3.60. The summed E-state index contributed by atoms with van der Waals surface area (Å²) >= 11 is 5.04. The first-order valence-corrected chi connectivity index (χ1v) is 8.11. The number of nitrogens with two attached hydrogens (primary N) is 1. The number of hydrogen-bond donors (Lipinski definition) is 1. The molecular weight excluding hydrogens is 326 g/mol. The van der Waals surface area contributed by atoms with E-state index in [-0.39, 0.29) is 0 Å². The van der Waals surface area contributed by atoms with Gasteiger partial charge in [0.05, 0.1) is 14.9 Å². The van der Waals surface area contributed by atoms with Crippen LogP contribution >= 0.6 is 27.3 Å². The molecule has 102 valence electrons. The Labute approximate surface area is 124 Å². The van der Waals surface area contributed by atoms with Crippen LogP contribution in [0.3, 0.4) is 0 Å². The van der Waals surface area contributed by atoms with E-state index < -0.39 is 5.54 Å². The second kappa shape index (κ2) is 5.00. The van der Waals surface area contributed by atoms with E-state index in [2.05, 4.69) is 33.0 Å². The van der Waals surface area contributed by atoms with E-state index in [9.17, 15) is 0 Å². The lowest BCUT2D eigenvalue weighted by Crippen LogP contribution is -2.41. The van der Waals surface area contributed by atoms with Crippen molar-refractivity contribution in [2.45, 2.75) is 38.1 Å². The van der Waals surface area contributed by atoms with Gasteiger partial charge >= 0.3 is 0 Å². The lowest BCUT2D eigenvalue weighted by atomic mass is 9.77. The highest BCUT2D eigenvalue weighted by molar-refractivity contribution is 9.11. The quantitative estimate of drug-likeness (QED) is 0.898. The van der Waals surface area contributed by atoms with Crippen molar-refractivity contribution >= 4 is 27.3 Å². The van der Waals surface area contributed by atoms with Crippen LogP contribution in [0.4, 0.5) is 0 Å². The SMILES string of the molecule is CC1CCC(N)(c2noc(-c3csc(Br)c3)n2)CC1. The molecule has 0 aromatic carbocycles. The first-order chi connectivity index (χ1) is 9.07. The highest BCUT2D eigenvalue weighted by Gasteiger charge is 2.36. The van der Waals surface area contributed by atoms with Crippen LogP contribution in [-0.2, 0) is 5.54 Å². The largest absolute Gasteiger partial charge is 0.334 e. The van der Waals surface area contributed by atoms with Gasteiger partial charge in [0.2, 0.25) is 0 Å². The van der Waals surface area contributed by atoms with Crippen LogP contribution in [0.2, 0.25) is 0 Å². The van der Waals surface area contributed by atoms with Crippen LogP contribution in [0, 0.1) is 5.92 Å². The summed E-state index contributed by atoms with van der Waals surface area (Å²) in [7, 11) is 0. The molecule has 0 amide bonds. The maximum Gasteiger partial charge on any atom is 0.258 e. The summed E-state index contributed by atoms with van der Waals surface area (Å²) in [5.41, 5.74) is 6.98. The van der Waals surface area contributed by atoms with Gasteiger partial charge in [0.15, 0.2) is 5.82 Å². The number of aromatic nitrogens is 2. The van der Waals surface area contributed by atoms with Gasteiger partial charge in [-0.25, -0.2) is 0 Å². The van der Waals surface area contributed by atoms with Gasteiger partial charge in [-0.15, -0.1) is 11.3 Å². The fourth-order valence-electron chi connectivity index (χ4n) is 2.47. The summed E-state index contributed by atoms with van der Waals surface area (Å²) in [6.07, 6.45) is 4.12. The summed E-state index contributed by atoms with van der Waals surface area (Å²) in [6, 6.07) is 1.98. The molecule has 0 aliphatic heterocycles. The number of hydrogen-bond acceptors (Lipinski definition) is 5. The summed E-state index contributed by atoms with van der Waals surface area (Å²) in [5, 5.41) is 6.09. The predicted octanol–water partition coefficient (Wildman–Crippen LogP) is 3.92. The molecule has 0 unspecified atom stereocenters. The van der Waals surface area contributed by atoms with Crippen molar-refractivity contribution in [2.75, 3.05) is 0 Å². The highest BCUT2D eigenvalue weighted by atomic mass is 79.9. The number of halogens is 1. The third kappa shape index (κ3) is 2.61. The monoisotopic (exact) mass is 341 g/mol. The molecule has 4 nitrogen and oxygen atoms in total. The van der Waals surface area contributed by atoms with Crippen molar-refractivity contribution in [1.29, 1.82) is 0 Å². The smallest absolute Gasteiger partial charge is 0.258 e. The van der Waals surface area contributed by atoms with Crippen LogP contribution < -0.4 is 5.73 Å². The zero-order valence-electron chi connectivity index (χ0n) is 10.7. The number of thiophene rings is 1. The lowest BCUT2D eigenvalue weighted by Gasteiger charge is -2.33. The van der Waals surface area contributed by atoms with Crippen LogP contribution in [0.5, 0.6) is 0 Å². The van der Waals surface area contributed by atoms with Gasteiger partial charge < -0.3 is 10.3 Å². The average molecular weight is 342 g/mol. The Hall–Kier alpha value is -0.720. The maximum atomic E-state index is 6.45. The Morgan fingerprint density at radius 3 is 2.84 bits per heavy atom. The molecule has 2 N–H and O–H groups in total. The average Bonchev–Trinajstić information content (AvgIpc) is 3.02. The molecule has 1 saturated carbocycles. The standard InChI is InChI=1S/C13H16BrN3OS/c1-8-2-4-13(15,5-3-8)12-16-11(18-17-12)9-6-10(14)19-7-9/h6-8H,2-5,15H2,1H3. The molecule has 6 heteroatoms. The van der Waals surface area contributed by atoms with Crippen molar-refractivity contribution in [3.63, 3.8) is 0 Å². The van der Waals surface area contributed by atoms with Gasteiger partial charge in [0, 0.05) is 5.38 Å². The zero-order valence-corrected chi connectivity index (χ0v) is 13.1. The van der Waals surface area contributed by atoms with Crippen molar-refractivity contribution in [3.8, 4) is 11.5 Å². The van der Waals surface area contributed by atoms with Crippen LogP contribution in [0.15, 0.2) is 19.8 Å². The topological polar surface area (TPSA) is 64.9 Å². The molecule has 1 aliphatic rings. The Balaban J connectivity index is 1.85. The molecular formula is C13H16BrN3OS. The molecule has 0 spiro atoms. The lowest BCUT2D eigenvalue weighted by molar-refractivity contribution is 0.230. The van der Waals surface area contributed by atoms with Gasteiger partial charge in [-0.1, -0.05) is 12.1 Å². The van der Waals surface area contributed by atoms with Crippen LogP contribution in [-0.4, -0.2) is 10.1 Å². The Morgan fingerprint density at radius 1 is 1.47 bits per heavy atom. The molecule has 0 bridgehead atoms. The molecule has 1 aliphatic carbocycles. The molecule has 19 heavy (non-hydrogen) atoms. The van der Waals surface area contributed by atoms with E-state index in [1.807, 2.05) is 11.4 Å². The number of nitrogens with zero attached hydrogens (tertiary/aromatic N) is 2. The second-order valence-corrected chi connectivity index (χ2v) is 7.69. The molecule has 2 aromatic rings. The molecule has 3 rings (SSSR count). The third-order valence-corrected chi connectivity index (χ3v) is 5.36. The third-order valence-electron chi connectivity index (χ3n) is 3.85. The van der Waals surface area contributed by atoms with Crippen molar-refractivity contribution in [3.05, 3.63) is 21.1 Å². The summed E-state index contributed by atoms with van der Waals surface area (Å²) in [4.78, 5) is 4.50. The summed E-state index contributed by atoms with van der Waals surface area (Å²) in [6.45, 7) is 2.27. The van der Waals surface area contributed by atoms with E-state index in [4.69, 9.17) is 10.3 Å². The highest BCUT2D eigenvalue weighted by Crippen LogP contribution is 2.37. The van der Waals surface area contributed by atoms with Gasteiger partial charge in [-0.05, 0) is 53.6 Å². The molecule has 0 atom stereocenters. The van der Waals surface area contributed by atoms with Gasteiger partial charge in [0.1, 0.15) is 0 Å². The Morgan fingerprint density at radius 2 is 2.21 bits per heavy atom. The summed E-state index contributed by atoms with van der Waals surface area (Å²) in [5.74, 6) is 1.95. The van der Waals surface area contributed by atoms with E-state index >= 15 is 0 Å². The minimum atomic E-state index is -0.415. The van der Waals surface area contributed by atoms with Gasteiger partial charge in [0.25, 0.3) is 5.89 Å². The Bertz CT molecular complexity index is 572. The van der Waals surface area contributed by atoms with Crippen molar-refractivity contribution in [2.24, 2.45) is 11.7 Å². The van der Waals surface area contributed by atoms with Gasteiger partial charge in [-0.3, -0.25) is 0 Å². The second-order valence-electron chi connectivity index (χ2n) is 5.40. The minimum Gasteiger partial charge on any atom is -0.334 e. The van der Waals surface area contributed by atoms with Crippen LogP contribution in [0.1, 0.15) is 38.4 Å². The zero-order chi connectivity index (χ0) is 13.5. The van der Waals surface area contributed by atoms with E-state index in [1.54, 1.807) is 11.3 Å². The maximum absolute atomic E-state index is 6.45. The van der Waals surface area contributed by atoms with E-state index in [1.165, 1.54) is 0 Å². The molecule has 1 fully saturated rings. The Kier molecular flexibility index (Phi) is 3.49. The van der Waals surface area contributed by atoms with Crippen molar-refractivity contribution in [1.82, 2.24) is 10.1 Å². The number of rotatable bonds is 2. The first-order valence-electron chi connectivity index (χ1n) is 6.44. The van der Waals surface area contributed by atoms with Crippen LogP contribution in [0.25, 0.3) is 11.5 Å². The summed E-state index contributed by atoms with van der Waals surface area (Å²) < 4.78 is 6.41. The minimum absolute atomic E-state index is 0.415. The molecule has 2 aromatic heterocycles. The van der Waals surface area contributed by atoms with Crippen molar-refractivity contribution < 1.29 is 4.52 Å². The van der Waals surface area contributed by atoms with Gasteiger partial charge in [-0.2, -0.15) is 4.98 Å². The fraction of sp³-hybridized carbons (Fsp3) is 0.538. The predicted molar refractivity (Wildman–Crippen MR) is 78.8 cm³/mol. The molecule has 2 heterocycles. The van der Waals surface area contributed by atoms with E-state index in [0.717, 1.165) is 41.0 Å². The normalized spacial score (nSPS) is 27.6. The first kappa shape index (κ1) is 13.3. The molecule has 0 radical (unpaired) electrons. The molecule has 0 saturated heterocycles.